The molecule has 0 unspecified atom stereocenters. The minimum atomic E-state index is -0.905. The first kappa shape index (κ1) is 13.3. The van der Waals surface area contributed by atoms with E-state index < -0.39 is 5.97 Å². The molecule has 0 aliphatic heterocycles. The van der Waals surface area contributed by atoms with Crippen molar-refractivity contribution < 1.29 is 14.4 Å². The predicted octanol–water partition coefficient (Wildman–Crippen LogP) is 2.31. The van der Waals surface area contributed by atoms with Crippen LogP contribution in [0.1, 0.15) is 27.4 Å². The first-order chi connectivity index (χ1) is 9.04. The van der Waals surface area contributed by atoms with Gasteiger partial charge in [-0.25, -0.2) is 4.79 Å². The number of carboxylic acid groups (broad SMARTS) is 1. The number of carbonyl (C=O) groups is 1. The van der Waals surface area contributed by atoms with E-state index in [0.29, 0.717) is 12.1 Å². The fraction of sp³-hybridized carbons (Fsp3) is 0.286. The van der Waals surface area contributed by atoms with Crippen molar-refractivity contribution in [1.82, 2.24) is 10.1 Å². The molecule has 0 radical (unpaired) electrons. The fourth-order valence-electron chi connectivity index (χ4n) is 1.89. The number of aromatic nitrogens is 1. The first-order valence-corrected chi connectivity index (χ1v) is 5.97. The molecule has 1 heterocycles. The zero-order valence-corrected chi connectivity index (χ0v) is 11.0. The molecule has 0 bridgehead atoms. The molecule has 5 heteroatoms. The van der Waals surface area contributed by atoms with Crippen LogP contribution in [-0.4, -0.2) is 28.2 Å². The van der Waals surface area contributed by atoms with Crippen molar-refractivity contribution in [3.8, 4) is 0 Å². The van der Waals surface area contributed by atoms with Gasteiger partial charge in [-0.05, 0) is 31.7 Å². The Balaban J connectivity index is 1.94. The zero-order valence-electron chi connectivity index (χ0n) is 11.0. The molecule has 0 spiro atoms. The average Bonchev–Trinajstić information content (AvgIpc) is 2.75. The minimum absolute atomic E-state index is 0.304. The molecule has 100 valence electrons. The maximum absolute atomic E-state index is 10.7. The number of benzene rings is 1. The Kier molecular flexibility index (Phi) is 3.97. The third-order valence-corrected chi connectivity index (χ3v) is 2.76. The summed E-state index contributed by atoms with van der Waals surface area (Å²) in [6.07, 6.45) is 0. The van der Waals surface area contributed by atoms with Crippen molar-refractivity contribution >= 4 is 5.97 Å². The van der Waals surface area contributed by atoms with Crippen molar-refractivity contribution in [2.75, 3.05) is 7.05 Å². The highest BCUT2D eigenvalue weighted by atomic mass is 16.5. The zero-order chi connectivity index (χ0) is 13.8. The molecule has 0 fully saturated rings. The van der Waals surface area contributed by atoms with Crippen LogP contribution in [0.2, 0.25) is 0 Å². The van der Waals surface area contributed by atoms with Crippen LogP contribution in [0.15, 0.2) is 34.9 Å². The highest BCUT2D eigenvalue weighted by Crippen LogP contribution is 2.10. The highest BCUT2D eigenvalue weighted by Gasteiger charge is 2.07. The summed E-state index contributed by atoms with van der Waals surface area (Å²) in [6.45, 7) is 3.28. The van der Waals surface area contributed by atoms with Crippen molar-refractivity contribution in [3.63, 3.8) is 0 Å². The van der Waals surface area contributed by atoms with E-state index in [1.54, 1.807) is 12.1 Å². The Morgan fingerprint density at radius 2 is 2.00 bits per heavy atom. The Labute approximate surface area is 111 Å². The summed E-state index contributed by atoms with van der Waals surface area (Å²) in [5, 5.41) is 12.8. The Hall–Kier alpha value is -2.14. The first-order valence-electron chi connectivity index (χ1n) is 5.97. The van der Waals surface area contributed by atoms with Gasteiger partial charge < -0.3 is 9.63 Å². The largest absolute Gasteiger partial charge is 0.478 e. The molecule has 0 atom stereocenters. The van der Waals surface area contributed by atoms with Gasteiger partial charge in [-0.2, -0.15) is 0 Å². The summed E-state index contributed by atoms with van der Waals surface area (Å²) in [6, 6.07) is 8.80. The van der Waals surface area contributed by atoms with Crippen LogP contribution in [0, 0.1) is 6.92 Å². The fourth-order valence-corrected chi connectivity index (χ4v) is 1.89. The lowest BCUT2D eigenvalue weighted by Gasteiger charge is -2.14. The predicted molar refractivity (Wildman–Crippen MR) is 69.8 cm³/mol. The number of aromatic carboxylic acids is 1. The van der Waals surface area contributed by atoms with Gasteiger partial charge in [0.15, 0.2) is 0 Å². The monoisotopic (exact) mass is 260 g/mol. The summed E-state index contributed by atoms with van der Waals surface area (Å²) < 4.78 is 5.02. The molecule has 0 aliphatic rings. The Morgan fingerprint density at radius 3 is 2.53 bits per heavy atom. The van der Waals surface area contributed by atoms with Crippen LogP contribution < -0.4 is 0 Å². The van der Waals surface area contributed by atoms with E-state index in [2.05, 4.69) is 10.1 Å². The number of aryl methyl sites for hydroxylation is 1. The molecule has 0 amide bonds. The minimum Gasteiger partial charge on any atom is -0.478 e. The molecule has 5 nitrogen and oxygen atoms in total. The molecular weight excluding hydrogens is 244 g/mol. The molecule has 1 aromatic heterocycles. The highest BCUT2D eigenvalue weighted by molar-refractivity contribution is 5.87. The maximum atomic E-state index is 10.7. The van der Waals surface area contributed by atoms with Gasteiger partial charge in [-0.1, -0.05) is 17.3 Å². The number of rotatable bonds is 5. The van der Waals surface area contributed by atoms with E-state index in [1.165, 1.54) is 0 Å². The second-order valence-electron chi connectivity index (χ2n) is 4.60. The van der Waals surface area contributed by atoms with E-state index in [4.69, 9.17) is 9.63 Å². The normalized spacial score (nSPS) is 10.9. The van der Waals surface area contributed by atoms with Crippen LogP contribution in [0.25, 0.3) is 0 Å². The molecule has 1 N–H and O–H groups in total. The summed E-state index contributed by atoms with van der Waals surface area (Å²) in [7, 11) is 1.98. The second kappa shape index (κ2) is 5.67. The lowest BCUT2D eigenvalue weighted by molar-refractivity contribution is 0.0697. The SMILES string of the molecule is Cc1cc(CN(C)Cc2ccc(C(=O)O)cc2)no1. The smallest absolute Gasteiger partial charge is 0.335 e. The second-order valence-corrected chi connectivity index (χ2v) is 4.60. The summed E-state index contributed by atoms with van der Waals surface area (Å²) >= 11 is 0. The van der Waals surface area contributed by atoms with Crippen molar-refractivity contribution in [3.05, 3.63) is 52.9 Å². The number of carboxylic acids is 1. The quantitative estimate of drug-likeness (QED) is 0.893. The van der Waals surface area contributed by atoms with Gasteiger partial charge in [-0.3, -0.25) is 4.90 Å². The topological polar surface area (TPSA) is 66.6 Å². The van der Waals surface area contributed by atoms with Gasteiger partial charge in [0.05, 0.1) is 11.3 Å². The molecule has 2 rings (SSSR count). The van der Waals surface area contributed by atoms with Gasteiger partial charge in [0.1, 0.15) is 5.76 Å². The number of hydrogen-bond acceptors (Lipinski definition) is 4. The van der Waals surface area contributed by atoms with Crippen LogP contribution in [0.5, 0.6) is 0 Å². The van der Waals surface area contributed by atoms with Crippen LogP contribution in [0.3, 0.4) is 0 Å². The molecule has 2 aromatic rings. The Morgan fingerprint density at radius 1 is 1.32 bits per heavy atom. The lowest BCUT2D eigenvalue weighted by Crippen LogP contribution is -2.17. The van der Waals surface area contributed by atoms with Crippen molar-refractivity contribution in [2.24, 2.45) is 0 Å². The van der Waals surface area contributed by atoms with Crippen molar-refractivity contribution in [1.29, 1.82) is 0 Å². The van der Waals surface area contributed by atoms with E-state index in [0.717, 1.165) is 23.6 Å². The van der Waals surface area contributed by atoms with E-state index in [9.17, 15) is 4.79 Å². The van der Waals surface area contributed by atoms with Gasteiger partial charge in [0.2, 0.25) is 0 Å². The van der Waals surface area contributed by atoms with Gasteiger partial charge >= 0.3 is 5.97 Å². The van der Waals surface area contributed by atoms with Gasteiger partial charge in [0.25, 0.3) is 0 Å². The Bertz CT molecular complexity index is 560. The summed E-state index contributed by atoms with van der Waals surface area (Å²) in [5.74, 6) is -0.104. The van der Waals surface area contributed by atoms with Crippen molar-refractivity contribution in [2.45, 2.75) is 20.0 Å². The molecular formula is C14H16N2O3. The third kappa shape index (κ3) is 3.66. The molecule has 0 saturated heterocycles. The standard InChI is InChI=1S/C14H16N2O3/c1-10-7-13(15-19-10)9-16(2)8-11-3-5-12(6-4-11)14(17)18/h3-7H,8-9H2,1-2H3,(H,17,18). The van der Waals surface area contributed by atoms with E-state index in [-0.39, 0.29) is 0 Å². The molecule has 0 saturated carbocycles. The van der Waals surface area contributed by atoms with Crippen LogP contribution in [0.4, 0.5) is 0 Å². The number of nitrogens with zero attached hydrogens (tertiary/aromatic N) is 2. The maximum Gasteiger partial charge on any atom is 0.335 e. The summed E-state index contributed by atoms with van der Waals surface area (Å²) in [4.78, 5) is 12.8. The number of hydrogen-bond donors (Lipinski definition) is 1. The van der Waals surface area contributed by atoms with Crippen LogP contribution >= 0.6 is 0 Å². The average molecular weight is 260 g/mol. The van der Waals surface area contributed by atoms with Gasteiger partial charge in [-0.15, -0.1) is 0 Å². The summed E-state index contributed by atoms with van der Waals surface area (Å²) in [5.41, 5.74) is 2.26. The van der Waals surface area contributed by atoms with Gasteiger partial charge in [0, 0.05) is 19.2 Å². The molecule has 1 aromatic carbocycles. The molecule has 0 aliphatic carbocycles. The van der Waals surface area contributed by atoms with Crippen LogP contribution in [-0.2, 0) is 13.1 Å². The molecule has 19 heavy (non-hydrogen) atoms. The third-order valence-electron chi connectivity index (χ3n) is 2.76. The lowest BCUT2D eigenvalue weighted by atomic mass is 10.1. The van der Waals surface area contributed by atoms with E-state index >= 15 is 0 Å². The van der Waals surface area contributed by atoms with E-state index in [1.807, 2.05) is 32.2 Å².